The zero-order valence-electron chi connectivity index (χ0n) is 16.4. The Balaban J connectivity index is 1.62. The molecule has 0 fully saturated rings. The van der Waals surface area contributed by atoms with Crippen LogP contribution >= 0.6 is 11.3 Å². The first-order chi connectivity index (χ1) is 14.6. The zero-order chi connectivity index (χ0) is 20.7. The standard InChI is InChI=1S/C23H18N2O4S/c1-14-9-10-18(27-2)20-21(14)30-23(24-20)25(13-16-7-5-11-28-16)22(26)19-12-15-6-3-4-8-17(15)29-19/h3-12H,13H2,1-2H3. The molecule has 3 aromatic heterocycles. The van der Waals surface area contributed by atoms with Crippen molar-refractivity contribution >= 4 is 43.6 Å². The third-order valence-corrected chi connectivity index (χ3v) is 6.13. The molecule has 2 aromatic carbocycles. The topological polar surface area (TPSA) is 68.7 Å². The number of furan rings is 2. The highest BCUT2D eigenvalue weighted by atomic mass is 32.1. The molecule has 0 atom stereocenters. The van der Waals surface area contributed by atoms with Crippen molar-refractivity contribution in [1.82, 2.24) is 4.98 Å². The lowest BCUT2D eigenvalue weighted by atomic mass is 10.2. The normalized spacial score (nSPS) is 11.3. The van der Waals surface area contributed by atoms with Crippen LogP contribution in [-0.4, -0.2) is 18.0 Å². The van der Waals surface area contributed by atoms with E-state index in [-0.39, 0.29) is 18.2 Å². The highest BCUT2D eigenvalue weighted by molar-refractivity contribution is 7.22. The summed E-state index contributed by atoms with van der Waals surface area (Å²) in [7, 11) is 1.61. The fraction of sp³-hybridized carbons (Fsp3) is 0.130. The van der Waals surface area contributed by atoms with Gasteiger partial charge in [0.25, 0.3) is 5.91 Å². The van der Waals surface area contributed by atoms with Gasteiger partial charge in [-0.1, -0.05) is 35.6 Å². The van der Waals surface area contributed by atoms with Gasteiger partial charge in [-0.3, -0.25) is 9.69 Å². The molecule has 0 radical (unpaired) electrons. The van der Waals surface area contributed by atoms with Crippen LogP contribution in [0.15, 0.2) is 69.7 Å². The van der Waals surface area contributed by atoms with E-state index in [1.54, 1.807) is 30.4 Å². The van der Waals surface area contributed by atoms with Crippen molar-refractivity contribution in [1.29, 1.82) is 0 Å². The van der Waals surface area contributed by atoms with Gasteiger partial charge in [0.15, 0.2) is 10.9 Å². The van der Waals surface area contributed by atoms with Gasteiger partial charge >= 0.3 is 0 Å². The number of hydrogen-bond donors (Lipinski definition) is 0. The maximum absolute atomic E-state index is 13.5. The Morgan fingerprint density at radius 2 is 2.03 bits per heavy atom. The van der Waals surface area contributed by atoms with Crippen molar-refractivity contribution in [3.63, 3.8) is 0 Å². The molecule has 1 amide bonds. The summed E-state index contributed by atoms with van der Waals surface area (Å²) in [6.07, 6.45) is 1.59. The number of hydrogen-bond acceptors (Lipinski definition) is 6. The van der Waals surface area contributed by atoms with Crippen LogP contribution in [0.1, 0.15) is 21.9 Å². The number of benzene rings is 2. The first-order valence-electron chi connectivity index (χ1n) is 9.41. The number of amides is 1. The number of carbonyl (C=O) groups excluding carboxylic acids is 1. The third-order valence-electron chi connectivity index (χ3n) is 4.92. The summed E-state index contributed by atoms with van der Waals surface area (Å²) in [5, 5.41) is 1.43. The van der Waals surface area contributed by atoms with E-state index in [9.17, 15) is 4.79 Å². The number of methoxy groups -OCH3 is 1. The molecule has 0 aliphatic carbocycles. The smallest absolute Gasteiger partial charge is 0.296 e. The van der Waals surface area contributed by atoms with Crippen LogP contribution in [-0.2, 0) is 6.54 Å². The largest absolute Gasteiger partial charge is 0.494 e. The van der Waals surface area contributed by atoms with Crippen LogP contribution < -0.4 is 9.64 Å². The predicted molar refractivity (Wildman–Crippen MR) is 116 cm³/mol. The molecule has 150 valence electrons. The van der Waals surface area contributed by atoms with E-state index in [1.165, 1.54) is 11.3 Å². The van der Waals surface area contributed by atoms with Crippen LogP contribution in [0.2, 0.25) is 0 Å². The molecule has 6 nitrogen and oxygen atoms in total. The van der Waals surface area contributed by atoms with Gasteiger partial charge in [0.1, 0.15) is 22.6 Å². The maximum Gasteiger partial charge on any atom is 0.296 e. The van der Waals surface area contributed by atoms with Crippen molar-refractivity contribution in [3.8, 4) is 5.75 Å². The predicted octanol–water partition coefficient (Wildman–Crippen LogP) is 5.80. The molecule has 30 heavy (non-hydrogen) atoms. The minimum absolute atomic E-state index is 0.240. The van der Waals surface area contributed by atoms with Crippen molar-refractivity contribution in [2.45, 2.75) is 13.5 Å². The molecule has 0 aliphatic heterocycles. The number of anilines is 1. The number of rotatable bonds is 5. The monoisotopic (exact) mass is 418 g/mol. The first kappa shape index (κ1) is 18.4. The molecular formula is C23H18N2O4S. The summed E-state index contributed by atoms with van der Waals surface area (Å²) in [6, 6.07) is 16.8. The van der Waals surface area contributed by atoms with Gasteiger partial charge in [-0.15, -0.1) is 0 Å². The van der Waals surface area contributed by atoms with Gasteiger partial charge in [0.05, 0.1) is 24.6 Å². The SMILES string of the molecule is COc1ccc(C)c2sc(N(Cc3ccco3)C(=O)c3cc4ccccc4o3)nc12. The molecule has 0 saturated heterocycles. The molecule has 0 N–H and O–H groups in total. The minimum Gasteiger partial charge on any atom is -0.494 e. The second-order valence-electron chi connectivity index (χ2n) is 6.88. The van der Waals surface area contributed by atoms with E-state index in [0.717, 1.165) is 21.2 Å². The van der Waals surface area contributed by atoms with Crippen LogP contribution in [0, 0.1) is 6.92 Å². The van der Waals surface area contributed by atoms with Crippen molar-refractivity contribution in [2.75, 3.05) is 12.0 Å². The van der Waals surface area contributed by atoms with Gasteiger partial charge < -0.3 is 13.6 Å². The number of aromatic nitrogens is 1. The number of para-hydroxylation sites is 1. The van der Waals surface area contributed by atoms with Crippen molar-refractivity contribution in [2.24, 2.45) is 0 Å². The Morgan fingerprint density at radius 1 is 1.17 bits per heavy atom. The number of nitrogens with zero attached hydrogens (tertiary/aromatic N) is 2. The van der Waals surface area contributed by atoms with E-state index in [1.807, 2.05) is 49.4 Å². The molecule has 7 heteroatoms. The Bertz CT molecular complexity index is 1320. The van der Waals surface area contributed by atoms with Crippen LogP contribution in [0.4, 0.5) is 5.13 Å². The Hall–Kier alpha value is -3.58. The summed E-state index contributed by atoms with van der Waals surface area (Å²) < 4.78 is 17.8. The van der Waals surface area contributed by atoms with E-state index in [4.69, 9.17) is 18.6 Å². The molecule has 5 aromatic rings. The van der Waals surface area contributed by atoms with Crippen LogP contribution in [0.25, 0.3) is 21.2 Å². The molecule has 3 heterocycles. The lowest BCUT2D eigenvalue weighted by Gasteiger charge is -2.17. The molecule has 0 unspecified atom stereocenters. The zero-order valence-corrected chi connectivity index (χ0v) is 17.2. The number of fused-ring (bicyclic) bond motifs is 2. The number of thiazole rings is 1. The highest BCUT2D eigenvalue weighted by Gasteiger charge is 2.26. The van der Waals surface area contributed by atoms with E-state index < -0.39 is 0 Å². The number of aryl methyl sites for hydroxylation is 1. The highest BCUT2D eigenvalue weighted by Crippen LogP contribution is 2.37. The van der Waals surface area contributed by atoms with Crippen molar-refractivity contribution in [3.05, 3.63) is 77.9 Å². The molecule has 0 spiro atoms. The lowest BCUT2D eigenvalue weighted by Crippen LogP contribution is -2.29. The fourth-order valence-electron chi connectivity index (χ4n) is 3.38. The summed E-state index contributed by atoms with van der Waals surface area (Å²) >= 11 is 1.44. The van der Waals surface area contributed by atoms with E-state index in [0.29, 0.717) is 22.2 Å². The molecule has 0 saturated carbocycles. The first-order valence-corrected chi connectivity index (χ1v) is 10.2. The summed E-state index contributed by atoms with van der Waals surface area (Å²) in [5.74, 6) is 1.30. The Morgan fingerprint density at radius 3 is 2.80 bits per heavy atom. The van der Waals surface area contributed by atoms with Gasteiger partial charge in [0.2, 0.25) is 0 Å². The fourth-order valence-corrected chi connectivity index (χ4v) is 4.43. The van der Waals surface area contributed by atoms with Gasteiger partial charge in [-0.25, -0.2) is 4.98 Å². The number of carbonyl (C=O) groups is 1. The molecule has 5 rings (SSSR count). The quantitative estimate of drug-likeness (QED) is 0.361. The average Bonchev–Trinajstić information content (AvgIpc) is 3.51. The summed E-state index contributed by atoms with van der Waals surface area (Å²) in [6.45, 7) is 2.26. The minimum atomic E-state index is -0.279. The Kier molecular flexibility index (Phi) is 4.52. The average molecular weight is 418 g/mol. The Labute approximate surface area is 176 Å². The molecule has 0 bridgehead atoms. The van der Waals surface area contributed by atoms with Gasteiger partial charge in [-0.2, -0.15) is 0 Å². The second-order valence-corrected chi connectivity index (χ2v) is 7.86. The number of ether oxygens (including phenoxy) is 1. The third kappa shape index (κ3) is 3.13. The van der Waals surface area contributed by atoms with Crippen LogP contribution in [0.3, 0.4) is 0 Å². The van der Waals surface area contributed by atoms with Gasteiger partial charge in [-0.05, 0) is 42.8 Å². The van der Waals surface area contributed by atoms with Gasteiger partial charge in [0, 0.05) is 5.39 Å². The second kappa shape index (κ2) is 7.35. The molecular weight excluding hydrogens is 400 g/mol. The van der Waals surface area contributed by atoms with Crippen molar-refractivity contribution < 1.29 is 18.4 Å². The summed E-state index contributed by atoms with van der Waals surface area (Å²) in [5.41, 5.74) is 2.48. The molecule has 0 aliphatic rings. The van der Waals surface area contributed by atoms with E-state index in [2.05, 4.69) is 0 Å². The van der Waals surface area contributed by atoms with Crippen LogP contribution in [0.5, 0.6) is 5.75 Å². The maximum atomic E-state index is 13.5. The lowest BCUT2D eigenvalue weighted by molar-refractivity contribution is 0.0958. The summed E-state index contributed by atoms with van der Waals surface area (Å²) in [4.78, 5) is 19.8. The van der Waals surface area contributed by atoms with E-state index >= 15 is 0 Å².